The van der Waals surface area contributed by atoms with Gasteiger partial charge in [-0.2, -0.15) is 0 Å². The van der Waals surface area contributed by atoms with E-state index in [0.29, 0.717) is 17.1 Å². The van der Waals surface area contributed by atoms with E-state index in [-0.39, 0.29) is 5.91 Å². The molecule has 0 aliphatic carbocycles. The Hall–Kier alpha value is -3.73. The van der Waals surface area contributed by atoms with Crippen LogP contribution in [0.25, 0.3) is 10.9 Å². The maximum Gasteiger partial charge on any atom is 0.255 e. The van der Waals surface area contributed by atoms with E-state index in [0.717, 1.165) is 22.2 Å². The zero-order chi connectivity index (χ0) is 18.6. The number of carbonyl (C=O) groups excluding carboxylic acids is 1. The van der Waals surface area contributed by atoms with Gasteiger partial charge in [-0.25, -0.2) is 0 Å². The van der Waals surface area contributed by atoms with Gasteiger partial charge in [0.05, 0.1) is 17.4 Å². The molecule has 0 fully saturated rings. The van der Waals surface area contributed by atoms with Gasteiger partial charge in [-0.15, -0.1) is 0 Å². The standard InChI is InChI=1S/C22H17N3O2/c1-15-6-11-20(19-5-3-13-24-21(15)19)25-22(26)16-7-9-17(10-8-16)27-18-4-2-12-23-14-18/h2-14H,1H3,(H,25,26). The molecule has 0 bridgehead atoms. The van der Waals surface area contributed by atoms with Crippen molar-refractivity contribution in [3.05, 3.63) is 90.4 Å². The van der Waals surface area contributed by atoms with Crippen molar-refractivity contribution in [2.45, 2.75) is 6.92 Å². The molecule has 27 heavy (non-hydrogen) atoms. The number of rotatable bonds is 4. The van der Waals surface area contributed by atoms with Gasteiger partial charge in [-0.3, -0.25) is 14.8 Å². The van der Waals surface area contributed by atoms with Gasteiger partial charge < -0.3 is 10.1 Å². The van der Waals surface area contributed by atoms with Crippen LogP contribution in [0.5, 0.6) is 11.5 Å². The number of hydrogen-bond acceptors (Lipinski definition) is 4. The lowest BCUT2D eigenvalue weighted by atomic mass is 10.1. The molecule has 0 aliphatic rings. The van der Waals surface area contributed by atoms with Gasteiger partial charge in [-0.05, 0) is 67.1 Å². The molecule has 1 amide bonds. The minimum absolute atomic E-state index is 0.183. The molecule has 0 radical (unpaired) electrons. The molecular weight excluding hydrogens is 338 g/mol. The molecule has 2 aromatic heterocycles. The van der Waals surface area contributed by atoms with E-state index in [2.05, 4.69) is 15.3 Å². The molecule has 0 unspecified atom stereocenters. The van der Waals surface area contributed by atoms with Crippen LogP contribution in [0.2, 0.25) is 0 Å². The van der Waals surface area contributed by atoms with Crippen molar-refractivity contribution in [2.75, 3.05) is 5.32 Å². The Bertz CT molecular complexity index is 1090. The van der Waals surface area contributed by atoms with Crippen molar-refractivity contribution >= 4 is 22.5 Å². The number of amides is 1. The van der Waals surface area contributed by atoms with Crippen LogP contribution in [0.1, 0.15) is 15.9 Å². The maximum absolute atomic E-state index is 12.6. The average Bonchev–Trinajstić information content (AvgIpc) is 2.71. The molecule has 0 atom stereocenters. The van der Waals surface area contributed by atoms with Gasteiger partial charge in [0.15, 0.2) is 0 Å². The summed E-state index contributed by atoms with van der Waals surface area (Å²) in [6, 6.07) is 18.3. The third-order valence-electron chi connectivity index (χ3n) is 4.21. The summed E-state index contributed by atoms with van der Waals surface area (Å²) in [7, 11) is 0. The lowest BCUT2D eigenvalue weighted by Gasteiger charge is -2.10. The van der Waals surface area contributed by atoms with Crippen molar-refractivity contribution < 1.29 is 9.53 Å². The van der Waals surface area contributed by atoms with Gasteiger partial charge in [0, 0.05) is 23.3 Å². The number of carbonyl (C=O) groups is 1. The highest BCUT2D eigenvalue weighted by molar-refractivity contribution is 6.09. The third kappa shape index (κ3) is 3.62. The van der Waals surface area contributed by atoms with Crippen molar-refractivity contribution in [1.82, 2.24) is 9.97 Å². The maximum atomic E-state index is 12.6. The first kappa shape index (κ1) is 16.7. The van der Waals surface area contributed by atoms with Crippen LogP contribution in [0.4, 0.5) is 5.69 Å². The number of benzene rings is 2. The Morgan fingerprint density at radius 1 is 0.926 bits per heavy atom. The monoisotopic (exact) mass is 355 g/mol. The molecule has 132 valence electrons. The van der Waals surface area contributed by atoms with E-state index in [1.54, 1.807) is 48.9 Å². The smallest absolute Gasteiger partial charge is 0.255 e. The van der Waals surface area contributed by atoms with Crippen LogP contribution >= 0.6 is 0 Å². The number of hydrogen-bond donors (Lipinski definition) is 1. The van der Waals surface area contributed by atoms with Gasteiger partial charge >= 0.3 is 0 Å². The highest BCUT2D eigenvalue weighted by Crippen LogP contribution is 2.25. The second-order valence-corrected chi connectivity index (χ2v) is 6.10. The Kier molecular flexibility index (Phi) is 4.49. The number of anilines is 1. The zero-order valence-electron chi connectivity index (χ0n) is 14.7. The zero-order valence-corrected chi connectivity index (χ0v) is 14.7. The second-order valence-electron chi connectivity index (χ2n) is 6.10. The first-order chi connectivity index (χ1) is 13.2. The summed E-state index contributed by atoms with van der Waals surface area (Å²) in [4.78, 5) is 21.0. The fourth-order valence-electron chi connectivity index (χ4n) is 2.84. The quantitative estimate of drug-likeness (QED) is 0.560. The van der Waals surface area contributed by atoms with Gasteiger partial charge in [-0.1, -0.05) is 6.07 Å². The number of pyridine rings is 2. The molecule has 2 aromatic carbocycles. The van der Waals surface area contributed by atoms with E-state index < -0.39 is 0 Å². The van der Waals surface area contributed by atoms with Crippen molar-refractivity contribution in [3.63, 3.8) is 0 Å². The SMILES string of the molecule is Cc1ccc(NC(=O)c2ccc(Oc3cccnc3)cc2)c2cccnc12. The summed E-state index contributed by atoms with van der Waals surface area (Å²) in [6.07, 6.45) is 5.07. The first-order valence-corrected chi connectivity index (χ1v) is 8.54. The van der Waals surface area contributed by atoms with Crippen molar-refractivity contribution in [3.8, 4) is 11.5 Å². The topological polar surface area (TPSA) is 64.1 Å². The Balaban J connectivity index is 1.53. The van der Waals surface area contributed by atoms with Crippen LogP contribution in [0.3, 0.4) is 0 Å². The minimum Gasteiger partial charge on any atom is -0.456 e. The van der Waals surface area contributed by atoms with E-state index in [4.69, 9.17) is 4.74 Å². The molecule has 0 saturated heterocycles. The number of aromatic nitrogens is 2. The fourth-order valence-corrected chi connectivity index (χ4v) is 2.84. The summed E-state index contributed by atoms with van der Waals surface area (Å²) < 4.78 is 5.70. The van der Waals surface area contributed by atoms with Gasteiger partial charge in [0.1, 0.15) is 11.5 Å². The Morgan fingerprint density at radius 3 is 2.52 bits per heavy atom. The average molecular weight is 355 g/mol. The lowest BCUT2D eigenvalue weighted by Crippen LogP contribution is -2.12. The largest absolute Gasteiger partial charge is 0.456 e. The predicted molar refractivity (Wildman–Crippen MR) is 105 cm³/mol. The third-order valence-corrected chi connectivity index (χ3v) is 4.21. The van der Waals surface area contributed by atoms with Crippen LogP contribution in [-0.2, 0) is 0 Å². The molecule has 5 nitrogen and oxygen atoms in total. The molecule has 1 N–H and O–H groups in total. The molecule has 4 aromatic rings. The first-order valence-electron chi connectivity index (χ1n) is 8.54. The fraction of sp³-hybridized carbons (Fsp3) is 0.0455. The van der Waals surface area contributed by atoms with Gasteiger partial charge in [0.2, 0.25) is 0 Å². The normalized spacial score (nSPS) is 10.6. The summed E-state index contributed by atoms with van der Waals surface area (Å²) >= 11 is 0. The van der Waals surface area contributed by atoms with Crippen molar-refractivity contribution in [2.24, 2.45) is 0 Å². The molecule has 4 rings (SSSR count). The van der Waals surface area contributed by atoms with E-state index in [1.165, 1.54) is 0 Å². The van der Waals surface area contributed by atoms with Crippen LogP contribution in [0, 0.1) is 6.92 Å². The summed E-state index contributed by atoms with van der Waals surface area (Å²) in [6.45, 7) is 2.00. The lowest BCUT2D eigenvalue weighted by molar-refractivity contribution is 0.102. The van der Waals surface area contributed by atoms with Gasteiger partial charge in [0.25, 0.3) is 5.91 Å². The minimum atomic E-state index is -0.183. The number of fused-ring (bicyclic) bond motifs is 1. The summed E-state index contributed by atoms with van der Waals surface area (Å²) in [5.41, 5.74) is 3.24. The predicted octanol–water partition coefficient (Wildman–Crippen LogP) is 4.98. The molecule has 0 aliphatic heterocycles. The van der Waals surface area contributed by atoms with Crippen LogP contribution in [-0.4, -0.2) is 15.9 Å². The Labute approximate surface area is 156 Å². The molecule has 0 saturated carbocycles. The van der Waals surface area contributed by atoms with Crippen molar-refractivity contribution in [1.29, 1.82) is 0 Å². The number of nitrogens with zero attached hydrogens (tertiary/aromatic N) is 2. The Morgan fingerprint density at radius 2 is 1.74 bits per heavy atom. The van der Waals surface area contributed by atoms with Crippen LogP contribution in [0.15, 0.2) is 79.3 Å². The number of aryl methyl sites for hydroxylation is 1. The number of nitrogens with one attached hydrogen (secondary N) is 1. The molecule has 0 spiro atoms. The molecule has 2 heterocycles. The van der Waals surface area contributed by atoms with E-state index in [1.807, 2.05) is 37.3 Å². The molecule has 5 heteroatoms. The summed E-state index contributed by atoms with van der Waals surface area (Å²) in [5, 5.41) is 3.89. The second kappa shape index (κ2) is 7.25. The summed E-state index contributed by atoms with van der Waals surface area (Å²) in [5.74, 6) is 1.11. The highest BCUT2D eigenvalue weighted by atomic mass is 16.5. The van der Waals surface area contributed by atoms with E-state index in [9.17, 15) is 4.79 Å². The highest BCUT2D eigenvalue weighted by Gasteiger charge is 2.10. The molecular formula is C22H17N3O2. The van der Waals surface area contributed by atoms with Crippen LogP contribution < -0.4 is 10.1 Å². The number of ether oxygens (including phenoxy) is 1. The van der Waals surface area contributed by atoms with E-state index >= 15 is 0 Å².